The molecular formula is C37H57NO6S. The third kappa shape index (κ3) is 11.5. The molecule has 0 aromatic heterocycles. The van der Waals surface area contributed by atoms with Gasteiger partial charge in [0.15, 0.2) is 5.75 Å². The standard InChI is InChI=1S/C37H57NO6S/c1-12-43-36(40)17-15-13-14-16-28-18-32(26(8)9)37(33(19-28)27(10)11)44-45(41,42)38-35(39)22-34-30(24(4)5)20-29(23(2)3)21-31(34)25(6)7/h18-21,23-27H,12-17,22H2,1-11H3,(H,38,39). The number of benzene rings is 2. The molecule has 0 saturated heterocycles. The molecule has 0 fully saturated rings. The van der Waals surface area contributed by atoms with Gasteiger partial charge in [-0.15, -0.1) is 0 Å². The van der Waals surface area contributed by atoms with Crippen LogP contribution >= 0.6 is 0 Å². The molecule has 7 nitrogen and oxygen atoms in total. The second-order valence-corrected chi connectivity index (χ2v) is 14.9. The lowest BCUT2D eigenvalue weighted by Gasteiger charge is -2.23. The molecule has 0 atom stereocenters. The van der Waals surface area contributed by atoms with Crippen molar-refractivity contribution < 1.29 is 26.9 Å². The third-order valence-corrected chi connectivity index (χ3v) is 8.99. The van der Waals surface area contributed by atoms with E-state index in [1.165, 1.54) is 5.56 Å². The molecule has 2 aromatic carbocycles. The van der Waals surface area contributed by atoms with Crippen LogP contribution in [0.3, 0.4) is 0 Å². The Balaban J connectivity index is 2.31. The summed E-state index contributed by atoms with van der Waals surface area (Å²) in [5, 5.41) is 0. The number of hydrogen-bond acceptors (Lipinski definition) is 6. The maximum absolute atomic E-state index is 13.4. The van der Waals surface area contributed by atoms with Crippen LogP contribution in [0.1, 0.15) is 170 Å². The topological polar surface area (TPSA) is 98.8 Å². The first-order valence-electron chi connectivity index (χ1n) is 16.7. The summed E-state index contributed by atoms with van der Waals surface area (Å²) in [6.07, 6.45) is 3.73. The van der Waals surface area contributed by atoms with Gasteiger partial charge in [-0.3, -0.25) is 9.59 Å². The Morgan fingerprint density at radius 2 is 1.22 bits per heavy atom. The molecule has 0 saturated carbocycles. The largest absolute Gasteiger partial charge is 0.466 e. The highest BCUT2D eigenvalue weighted by Crippen LogP contribution is 2.37. The lowest BCUT2D eigenvalue weighted by molar-refractivity contribution is -0.143. The zero-order valence-electron chi connectivity index (χ0n) is 29.5. The minimum atomic E-state index is -4.45. The van der Waals surface area contributed by atoms with Crippen LogP contribution in [-0.2, 0) is 37.5 Å². The van der Waals surface area contributed by atoms with Gasteiger partial charge >= 0.3 is 16.3 Å². The van der Waals surface area contributed by atoms with Crippen molar-refractivity contribution in [2.45, 2.75) is 144 Å². The van der Waals surface area contributed by atoms with Crippen molar-refractivity contribution in [2.24, 2.45) is 0 Å². The quantitative estimate of drug-likeness (QED) is 0.136. The van der Waals surface area contributed by atoms with E-state index in [9.17, 15) is 18.0 Å². The van der Waals surface area contributed by atoms with Crippen LogP contribution in [0.15, 0.2) is 24.3 Å². The van der Waals surface area contributed by atoms with Gasteiger partial charge < -0.3 is 8.92 Å². The highest BCUT2D eigenvalue weighted by molar-refractivity contribution is 7.85. The zero-order chi connectivity index (χ0) is 34.1. The minimum absolute atomic E-state index is 0.00571. The SMILES string of the molecule is CCOC(=O)CCCCCc1cc(C(C)C)c(OS(=O)(=O)NC(=O)Cc2c(C(C)C)cc(C(C)C)cc2C(C)C)c(C(C)C)c1. The van der Waals surface area contributed by atoms with Gasteiger partial charge in [-0.25, -0.2) is 4.72 Å². The molecule has 0 unspecified atom stereocenters. The summed E-state index contributed by atoms with van der Waals surface area (Å²) < 4.78 is 39.7. The Hall–Kier alpha value is -2.87. The second kappa shape index (κ2) is 17.2. The van der Waals surface area contributed by atoms with E-state index in [1.54, 1.807) is 6.92 Å². The summed E-state index contributed by atoms with van der Waals surface area (Å²) in [6, 6.07) is 8.32. The van der Waals surface area contributed by atoms with Gasteiger partial charge in [-0.1, -0.05) is 99.9 Å². The van der Waals surface area contributed by atoms with Crippen LogP contribution < -0.4 is 8.91 Å². The molecule has 0 bridgehead atoms. The fourth-order valence-electron chi connectivity index (χ4n) is 5.62. The molecule has 8 heteroatoms. The Morgan fingerprint density at radius 1 is 0.711 bits per heavy atom. The number of hydrogen-bond donors (Lipinski definition) is 1. The van der Waals surface area contributed by atoms with Gasteiger partial charge in [0.05, 0.1) is 13.0 Å². The number of ether oxygens (including phenoxy) is 1. The van der Waals surface area contributed by atoms with E-state index in [0.29, 0.717) is 24.7 Å². The van der Waals surface area contributed by atoms with Crippen molar-refractivity contribution in [2.75, 3.05) is 6.61 Å². The number of amides is 1. The Kier molecular flexibility index (Phi) is 14.6. The van der Waals surface area contributed by atoms with E-state index in [0.717, 1.165) is 59.1 Å². The Morgan fingerprint density at radius 3 is 1.67 bits per heavy atom. The van der Waals surface area contributed by atoms with Gasteiger partial charge in [-0.2, -0.15) is 8.42 Å². The summed E-state index contributed by atoms with van der Waals surface area (Å²) in [4.78, 5) is 25.0. The number of nitrogens with one attached hydrogen (secondary N) is 1. The number of aryl methyl sites for hydroxylation is 1. The van der Waals surface area contributed by atoms with Gasteiger partial charge in [0, 0.05) is 6.42 Å². The maximum Gasteiger partial charge on any atom is 0.409 e. The summed E-state index contributed by atoms with van der Waals surface area (Å²) in [6.45, 7) is 22.9. The number of rotatable bonds is 17. The molecule has 0 spiro atoms. The zero-order valence-corrected chi connectivity index (χ0v) is 30.3. The molecule has 0 aliphatic rings. The van der Waals surface area contributed by atoms with Gasteiger partial charge in [0.25, 0.3) is 0 Å². The molecule has 45 heavy (non-hydrogen) atoms. The number of carbonyl (C=O) groups excluding carboxylic acids is 2. The van der Waals surface area contributed by atoms with Crippen molar-refractivity contribution >= 4 is 22.2 Å². The van der Waals surface area contributed by atoms with E-state index < -0.39 is 16.2 Å². The molecule has 252 valence electrons. The second-order valence-electron chi connectivity index (χ2n) is 13.7. The fourth-order valence-corrected chi connectivity index (χ4v) is 6.43. The average Bonchev–Trinajstić information content (AvgIpc) is 2.92. The molecule has 0 heterocycles. The molecule has 2 rings (SSSR count). The van der Waals surface area contributed by atoms with Gasteiger partial charge in [0.1, 0.15) is 0 Å². The van der Waals surface area contributed by atoms with Crippen molar-refractivity contribution in [3.63, 3.8) is 0 Å². The molecule has 1 amide bonds. The molecule has 0 aliphatic carbocycles. The van der Waals surface area contributed by atoms with Crippen LogP contribution in [0.4, 0.5) is 0 Å². The summed E-state index contributed by atoms with van der Waals surface area (Å²) in [5.74, 6) is 0.185. The van der Waals surface area contributed by atoms with E-state index in [-0.39, 0.29) is 36.1 Å². The molecule has 1 N–H and O–H groups in total. The minimum Gasteiger partial charge on any atom is -0.466 e. The maximum atomic E-state index is 13.4. The van der Waals surface area contributed by atoms with E-state index in [4.69, 9.17) is 8.92 Å². The van der Waals surface area contributed by atoms with Crippen LogP contribution in [0, 0.1) is 0 Å². The summed E-state index contributed by atoms with van der Waals surface area (Å²) in [7, 11) is -4.45. The number of esters is 1. The molecule has 0 radical (unpaired) electrons. The summed E-state index contributed by atoms with van der Waals surface area (Å²) in [5.41, 5.74) is 6.90. The predicted molar refractivity (Wildman–Crippen MR) is 184 cm³/mol. The van der Waals surface area contributed by atoms with E-state index in [1.807, 2.05) is 39.8 Å². The average molecular weight is 644 g/mol. The normalized spacial score (nSPS) is 12.1. The first-order valence-corrected chi connectivity index (χ1v) is 18.1. The molecule has 0 aliphatic heterocycles. The van der Waals surface area contributed by atoms with Gasteiger partial charge in [0.2, 0.25) is 5.91 Å². The fraction of sp³-hybridized carbons (Fsp3) is 0.622. The smallest absolute Gasteiger partial charge is 0.409 e. The van der Waals surface area contributed by atoms with E-state index in [2.05, 4.69) is 58.4 Å². The van der Waals surface area contributed by atoms with Gasteiger partial charge in [-0.05, 0) is 94.7 Å². The molecule has 2 aromatic rings. The third-order valence-electron chi connectivity index (χ3n) is 8.12. The highest BCUT2D eigenvalue weighted by Gasteiger charge is 2.26. The predicted octanol–water partition coefficient (Wildman–Crippen LogP) is 8.95. The van der Waals surface area contributed by atoms with Crippen molar-refractivity contribution in [3.05, 3.63) is 63.2 Å². The Labute approximate surface area is 273 Å². The molecular weight excluding hydrogens is 586 g/mol. The number of carbonyl (C=O) groups is 2. The van der Waals surface area contributed by atoms with Crippen LogP contribution in [0.25, 0.3) is 0 Å². The van der Waals surface area contributed by atoms with Crippen molar-refractivity contribution in [1.82, 2.24) is 4.72 Å². The lowest BCUT2D eigenvalue weighted by atomic mass is 9.83. The first kappa shape index (κ1) is 38.3. The van der Waals surface area contributed by atoms with Crippen LogP contribution in [-0.4, -0.2) is 26.9 Å². The van der Waals surface area contributed by atoms with Crippen LogP contribution in [0.2, 0.25) is 0 Å². The first-order chi connectivity index (χ1) is 21.0. The van der Waals surface area contributed by atoms with Crippen molar-refractivity contribution in [3.8, 4) is 5.75 Å². The number of unbranched alkanes of at least 4 members (excludes halogenated alkanes) is 2. The lowest BCUT2D eigenvalue weighted by Crippen LogP contribution is -2.36. The van der Waals surface area contributed by atoms with E-state index >= 15 is 0 Å². The monoisotopic (exact) mass is 643 g/mol. The Bertz CT molecular complexity index is 1350. The van der Waals surface area contributed by atoms with Crippen LogP contribution in [0.5, 0.6) is 5.75 Å². The summed E-state index contributed by atoms with van der Waals surface area (Å²) >= 11 is 0. The van der Waals surface area contributed by atoms with Crippen molar-refractivity contribution in [1.29, 1.82) is 0 Å². The highest BCUT2D eigenvalue weighted by atomic mass is 32.2.